The van der Waals surface area contributed by atoms with Crippen molar-refractivity contribution in [3.63, 3.8) is 0 Å². The fraction of sp³-hybridized carbons (Fsp3) is 0.267. The molecule has 1 atom stereocenters. The predicted octanol–water partition coefficient (Wildman–Crippen LogP) is 2.20. The Morgan fingerprint density at radius 2 is 1.86 bits per heavy atom. The first-order valence-electron chi connectivity index (χ1n) is 6.20. The Kier molecular flexibility index (Phi) is 6.67. The van der Waals surface area contributed by atoms with Crippen LogP contribution in [0, 0.1) is 5.92 Å². The third-order valence-electron chi connectivity index (χ3n) is 2.56. The number of carbonyl (C=O) groups is 2. The van der Waals surface area contributed by atoms with E-state index in [0.29, 0.717) is 11.3 Å². The van der Waals surface area contributed by atoms with E-state index in [-0.39, 0.29) is 17.7 Å². The van der Waals surface area contributed by atoms with Crippen LogP contribution in [0.3, 0.4) is 0 Å². The van der Waals surface area contributed by atoms with Gasteiger partial charge in [0.1, 0.15) is 19.1 Å². The Bertz CT molecular complexity index is 533. The number of rotatable bonds is 7. The number of nitrogens with zero attached hydrogens (tertiary/aromatic N) is 1. The van der Waals surface area contributed by atoms with Crippen molar-refractivity contribution in [3.8, 4) is 5.75 Å². The molecule has 1 aromatic rings. The average molecular weight is 291 g/mol. The molecule has 6 nitrogen and oxygen atoms in total. The summed E-state index contributed by atoms with van der Waals surface area (Å²) in [5.74, 6) is -0.448. The highest BCUT2D eigenvalue weighted by Gasteiger charge is 2.08. The van der Waals surface area contributed by atoms with Crippen molar-refractivity contribution in [2.45, 2.75) is 6.92 Å². The van der Waals surface area contributed by atoms with Crippen LogP contribution in [0.1, 0.15) is 17.3 Å². The van der Waals surface area contributed by atoms with Crippen LogP contribution in [0.15, 0.2) is 41.8 Å². The van der Waals surface area contributed by atoms with Crippen LogP contribution < -0.4 is 4.74 Å². The summed E-state index contributed by atoms with van der Waals surface area (Å²) in [7, 11) is 2.69. The zero-order chi connectivity index (χ0) is 15.7. The second kappa shape index (κ2) is 8.52. The van der Waals surface area contributed by atoms with Crippen LogP contribution >= 0.6 is 0 Å². The van der Waals surface area contributed by atoms with Gasteiger partial charge in [-0.25, -0.2) is 0 Å². The number of hydrogen-bond acceptors (Lipinski definition) is 6. The van der Waals surface area contributed by atoms with Crippen molar-refractivity contribution < 1.29 is 23.9 Å². The Balaban J connectivity index is 2.59. The van der Waals surface area contributed by atoms with Crippen LogP contribution in [-0.4, -0.2) is 32.2 Å². The van der Waals surface area contributed by atoms with Gasteiger partial charge >= 0.3 is 5.97 Å². The van der Waals surface area contributed by atoms with E-state index in [4.69, 9.17) is 4.74 Å². The number of ether oxygens (including phenoxy) is 2. The summed E-state index contributed by atoms with van der Waals surface area (Å²) in [5, 5.41) is 3.40. The third kappa shape index (κ3) is 5.48. The summed E-state index contributed by atoms with van der Waals surface area (Å²) < 4.78 is 9.91. The average Bonchev–Trinajstić information content (AvgIpc) is 2.52. The van der Waals surface area contributed by atoms with Gasteiger partial charge in [0.15, 0.2) is 0 Å². The van der Waals surface area contributed by atoms with E-state index >= 15 is 0 Å². The Morgan fingerprint density at radius 1 is 1.19 bits per heavy atom. The Labute approximate surface area is 123 Å². The standard InChI is InChI=1S/C15H17NO5/c1-11(15(18)19-2)8-9-21-13-6-4-12(5-7-13)14(17)10-16-20-3/h4-11H,1-3H3/b9-8+,16-10+/t11-/m0/s1. The Morgan fingerprint density at radius 3 is 2.43 bits per heavy atom. The Hall–Kier alpha value is -2.63. The van der Waals surface area contributed by atoms with Gasteiger partial charge in [-0.15, -0.1) is 0 Å². The highest BCUT2D eigenvalue weighted by molar-refractivity contribution is 6.35. The van der Waals surface area contributed by atoms with Gasteiger partial charge in [0, 0.05) is 5.56 Å². The lowest BCUT2D eigenvalue weighted by Crippen LogP contribution is -2.09. The lowest BCUT2D eigenvalue weighted by atomic mass is 10.1. The number of oxime groups is 1. The van der Waals surface area contributed by atoms with Gasteiger partial charge in [-0.1, -0.05) is 5.16 Å². The quantitative estimate of drug-likeness (QED) is 0.253. The number of esters is 1. The van der Waals surface area contributed by atoms with Gasteiger partial charge in [-0.2, -0.15) is 0 Å². The topological polar surface area (TPSA) is 74.2 Å². The molecular formula is C15H17NO5. The first-order valence-corrected chi connectivity index (χ1v) is 6.20. The molecule has 0 amide bonds. The number of benzene rings is 1. The van der Waals surface area contributed by atoms with E-state index in [2.05, 4.69) is 14.7 Å². The second-order valence-corrected chi connectivity index (χ2v) is 4.06. The van der Waals surface area contributed by atoms with Gasteiger partial charge in [-0.05, 0) is 37.3 Å². The van der Waals surface area contributed by atoms with E-state index in [1.807, 2.05) is 0 Å². The normalized spacial score (nSPS) is 12.3. The summed E-state index contributed by atoms with van der Waals surface area (Å²) in [6.07, 6.45) is 4.08. The maximum absolute atomic E-state index is 11.6. The maximum atomic E-state index is 11.6. The molecule has 1 aromatic carbocycles. The SMILES string of the molecule is CO/N=C/C(=O)c1ccc(O/C=C/[C@H](C)C(=O)OC)cc1. The second-order valence-electron chi connectivity index (χ2n) is 4.06. The van der Waals surface area contributed by atoms with Gasteiger partial charge < -0.3 is 14.3 Å². The molecule has 112 valence electrons. The highest BCUT2D eigenvalue weighted by Crippen LogP contribution is 2.13. The number of carbonyl (C=O) groups excluding carboxylic acids is 2. The molecule has 0 aliphatic heterocycles. The van der Waals surface area contributed by atoms with Gasteiger partial charge in [0.25, 0.3) is 0 Å². The fourth-order valence-electron chi connectivity index (χ4n) is 1.37. The van der Waals surface area contributed by atoms with Crippen molar-refractivity contribution >= 4 is 18.0 Å². The maximum Gasteiger partial charge on any atom is 0.312 e. The molecule has 0 saturated heterocycles. The minimum absolute atomic E-state index is 0.266. The molecule has 0 aliphatic rings. The number of methoxy groups -OCH3 is 1. The van der Waals surface area contributed by atoms with E-state index in [1.165, 1.54) is 20.5 Å². The molecule has 21 heavy (non-hydrogen) atoms. The lowest BCUT2D eigenvalue weighted by Gasteiger charge is -2.04. The fourth-order valence-corrected chi connectivity index (χ4v) is 1.37. The van der Waals surface area contributed by atoms with Crippen molar-refractivity contribution in [3.05, 3.63) is 42.2 Å². The summed E-state index contributed by atoms with van der Waals surface area (Å²) >= 11 is 0. The molecule has 1 rings (SSSR count). The summed E-state index contributed by atoms with van der Waals surface area (Å²) in [6, 6.07) is 6.50. The molecule has 6 heteroatoms. The van der Waals surface area contributed by atoms with Crippen LogP contribution in [-0.2, 0) is 14.4 Å². The minimum atomic E-state index is -0.388. The van der Waals surface area contributed by atoms with Crippen LogP contribution in [0.5, 0.6) is 5.75 Å². The number of ketones is 1. The number of hydrogen-bond donors (Lipinski definition) is 0. The molecule has 0 aliphatic carbocycles. The molecule has 0 bridgehead atoms. The zero-order valence-corrected chi connectivity index (χ0v) is 12.1. The summed E-state index contributed by atoms with van der Waals surface area (Å²) in [4.78, 5) is 27.2. The first kappa shape index (κ1) is 16.4. The summed E-state index contributed by atoms with van der Waals surface area (Å²) in [5.41, 5.74) is 0.468. The monoisotopic (exact) mass is 291 g/mol. The molecule has 0 fully saturated rings. The van der Waals surface area contributed by atoms with Crippen molar-refractivity contribution in [1.29, 1.82) is 0 Å². The van der Waals surface area contributed by atoms with E-state index < -0.39 is 0 Å². The zero-order valence-electron chi connectivity index (χ0n) is 12.1. The van der Waals surface area contributed by atoms with Crippen molar-refractivity contribution in [2.75, 3.05) is 14.2 Å². The minimum Gasteiger partial charge on any atom is -0.469 e. The van der Waals surface area contributed by atoms with Crippen LogP contribution in [0.25, 0.3) is 0 Å². The van der Waals surface area contributed by atoms with Gasteiger partial charge in [0.2, 0.25) is 5.78 Å². The van der Waals surface area contributed by atoms with Gasteiger partial charge in [-0.3, -0.25) is 9.59 Å². The molecule has 0 aromatic heterocycles. The van der Waals surface area contributed by atoms with E-state index in [9.17, 15) is 9.59 Å². The van der Waals surface area contributed by atoms with Crippen molar-refractivity contribution in [2.24, 2.45) is 11.1 Å². The first-order chi connectivity index (χ1) is 10.1. The van der Waals surface area contributed by atoms with Crippen LogP contribution in [0.4, 0.5) is 0 Å². The molecule has 0 unspecified atom stereocenters. The summed E-state index contributed by atoms with van der Waals surface area (Å²) in [6.45, 7) is 1.70. The molecule has 0 N–H and O–H groups in total. The largest absolute Gasteiger partial charge is 0.469 e. The smallest absolute Gasteiger partial charge is 0.312 e. The molecule has 0 saturated carbocycles. The molecule has 0 radical (unpaired) electrons. The lowest BCUT2D eigenvalue weighted by molar-refractivity contribution is -0.143. The van der Waals surface area contributed by atoms with Gasteiger partial charge in [0.05, 0.1) is 19.3 Å². The number of Topliss-reactive ketones (excluding diaryl/α,β-unsaturated/α-hetero) is 1. The third-order valence-corrected chi connectivity index (χ3v) is 2.56. The van der Waals surface area contributed by atoms with Crippen LogP contribution in [0.2, 0.25) is 0 Å². The van der Waals surface area contributed by atoms with E-state index in [1.54, 1.807) is 37.3 Å². The van der Waals surface area contributed by atoms with E-state index in [0.717, 1.165) is 6.21 Å². The molecular weight excluding hydrogens is 274 g/mol. The highest BCUT2D eigenvalue weighted by atomic mass is 16.6. The van der Waals surface area contributed by atoms with Crippen molar-refractivity contribution in [1.82, 2.24) is 0 Å². The molecule has 0 spiro atoms. The predicted molar refractivity (Wildman–Crippen MR) is 77.2 cm³/mol. The molecule has 0 heterocycles.